The van der Waals surface area contributed by atoms with Crippen molar-refractivity contribution in [2.45, 2.75) is 18.4 Å². The predicted octanol–water partition coefficient (Wildman–Crippen LogP) is 1.76. The molecule has 1 aliphatic heterocycles. The summed E-state index contributed by atoms with van der Waals surface area (Å²) in [6.45, 7) is 0.220. The summed E-state index contributed by atoms with van der Waals surface area (Å²) in [6, 6.07) is 5.31. The number of carbonyl (C=O) groups is 1. The van der Waals surface area contributed by atoms with Crippen molar-refractivity contribution in [2.24, 2.45) is 0 Å². The summed E-state index contributed by atoms with van der Waals surface area (Å²) in [5, 5.41) is 12.7. The van der Waals surface area contributed by atoms with Gasteiger partial charge in [-0.1, -0.05) is 11.6 Å². The summed E-state index contributed by atoms with van der Waals surface area (Å²) in [6.07, 6.45) is 3.44. The number of aliphatic hydroxyl groups is 1. The van der Waals surface area contributed by atoms with Crippen LogP contribution in [0.4, 0.5) is 0 Å². The normalized spacial score (nSPS) is 18.9. The Morgan fingerprint density at radius 3 is 2.95 bits per heavy atom. The molecular weight excluding hydrogens is 266 g/mol. The van der Waals surface area contributed by atoms with E-state index in [0.717, 1.165) is 24.2 Å². The smallest absolute Gasteiger partial charge is 0.251 e. The van der Waals surface area contributed by atoms with Crippen LogP contribution in [0.25, 0.3) is 6.08 Å². The van der Waals surface area contributed by atoms with E-state index < -0.39 is 5.54 Å². The third-order valence-electron chi connectivity index (χ3n) is 3.51. The van der Waals surface area contributed by atoms with Crippen molar-refractivity contribution < 1.29 is 14.6 Å². The molecule has 2 aliphatic rings. The summed E-state index contributed by atoms with van der Waals surface area (Å²) in [5.74, 6) is 0.543. The van der Waals surface area contributed by atoms with E-state index in [1.807, 2.05) is 0 Å². The molecule has 0 bridgehead atoms. The molecule has 0 saturated heterocycles. The number of fused-ring (bicyclic) bond motifs is 1. The highest BCUT2D eigenvalue weighted by Gasteiger charge is 2.43. The average molecular weight is 280 g/mol. The van der Waals surface area contributed by atoms with Crippen LogP contribution in [0.15, 0.2) is 23.8 Å². The van der Waals surface area contributed by atoms with Gasteiger partial charge in [0.05, 0.1) is 17.7 Å². The monoisotopic (exact) mass is 279 g/mol. The van der Waals surface area contributed by atoms with Gasteiger partial charge in [-0.15, -0.1) is 0 Å². The molecule has 0 aromatic heterocycles. The molecule has 5 heteroatoms. The Bertz CT molecular complexity index is 564. The van der Waals surface area contributed by atoms with Gasteiger partial charge in [-0.2, -0.15) is 0 Å². The standard InChI is InChI=1S/C14H14ClNO3/c15-11-1-2-12-9(6-11)5-10(7-19-12)13(18)16-14(8-17)3-4-14/h1-2,5-6,17H,3-4,7-8H2,(H,16,18). The molecular formula is C14H14ClNO3. The Balaban J connectivity index is 1.80. The summed E-state index contributed by atoms with van der Waals surface area (Å²) in [4.78, 5) is 12.1. The van der Waals surface area contributed by atoms with Crippen molar-refractivity contribution in [2.75, 3.05) is 13.2 Å². The van der Waals surface area contributed by atoms with Crippen LogP contribution in [0.5, 0.6) is 5.75 Å². The van der Waals surface area contributed by atoms with Crippen LogP contribution in [0.1, 0.15) is 18.4 Å². The molecule has 1 aromatic rings. The van der Waals surface area contributed by atoms with Gasteiger partial charge in [-0.3, -0.25) is 4.79 Å². The Morgan fingerprint density at radius 2 is 2.26 bits per heavy atom. The summed E-state index contributed by atoms with van der Waals surface area (Å²) < 4.78 is 5.53. The number of carbonyl (C=O) groups excluding carboxylic acids is 1. The molecule has 1 aromatic carbocycles. The maximum absolute atomic E-state index is 12.1. The topological polar surface area (TPSA) is 58.6 Å². The molecule has 0 unspecified atom stereocenters. The minimum Gasteiger partial charge on any atom is -0.488 e. The van der Waals surface area contributed by atoms with E-state index in [1.54, 1.807) is 24.3 Å². The number of nitrogens with one attached hydrogen (secondary N) is 1. The van der Waals surface area contributed by atoms with E-state index in [1.165, 1.54) is 0 Å². The van der Waals surface area contributed by atoms with Crippen molar-refractivity contribution in [3.05, 3.63) is 34.4 Å². The van der Waals surface area contributed by atoms with Crippen molar-refractivity contribution in [3.8, 4) is 5.75 Å². The predicted molar refractivity (Wildman–Crippen MR) is 72.1 cm³/mol. The number of benzene rings is 1. The number of halogens is 1. The fourth-order valence-electron chi connectivity index (χ4n) is 2.07. The number of aliphatic hydroxyl groups excluding tert-OH is 1. The molecule has 1 aliphatic carbocycles. The second-order valence-corrected chi connectivity index (χ2v) is 5.47. The first-order valence-electron chi connectivity index (χ1n) is 6.18. The third-order valence-corrected chi connectivity index (χ3v) is 3.75. The van der Waals surface area contributed by atoms with Crippen LogP contribution < -0.4 is 10.1 Å². The largest absolute Gasteiger partial charge is 0.488 e. The lowest BCUT2D eigenvalue weighted by Gasteiger charge is -2.20. The van der Waals surface area contributed by atoms with Crippen molar-refractivity contribution in [1.82, 2.24) is 5.32 Å². The van der Waals surface area contributed by atoms with E-state index in [2.05, 4.69) is 5.32 Å². The second kappa shape index (κ2) is 4.54. The Labute approximate surface area is 116 Å². The number of hydrogen-bond donors (Lipinski definition) is 2. The van der Waals surface area contributed by atoms with Gasteiger partial charge in [-0.05, 0) is 37.1 Å². The molecule has 1 heterocycles. The number of rotatable bonds is 3. The van der Waals surface area contributed by atoms with Crippen LogP contribution in [-0.2, 0) is 4.79 Å². The van der Waals surface area contributed by atoms with E-state index in [4.69, 9.17) is 16.3 Å². The molecule has 4 nitrogen and oxygen atoms in total. The summed E-state index contributed by atoms with van der Waals surface area (Å²) in [7, 11) is 0. The van der Waals surface area contributed by atoms with Gasteiger partial charge in [0.1, 0.15) is 12.4 Å². The molecule has 0 atom stereocenters. The molecule has 19 heavy (non-hydrogen) atoms. The van der Waals surface area contributed by atoms with Crippen LogP contribution in [0.3, 0.4) is 0 Å². The van der Waals surface area contributed by atoms with Crippen molar-refractivity contribution >= 4 is 23.6 Å². The van der Waals surface area contributed by atoms with Crippen LogP contribution in [0, 0.1) is 0 Å². The van der Waals surface area contributed by atoms with E-state index in [-0.39, 0.29) is 19.1 Å². The highest BCUT2D eigenvalue weighted by Crippen LogP contribution is 2.35. The maximum atomic E-state index is 12.1. The zero-order chi connectivity index (χ0) is 13.5. The maximum Gasteiger partial charge on any atom is 0.251 e. The Hall–Kier alpha value is -1.52. The SMILES string of the molecule is O=C(NC1(CO)CC1)C1=Cc2cc(Cl)ccc2OC1. The lowest BCUT2D eigenvalue weighted by atomic mass is 10.1. The van der Waals surface area contributed by atoms with Crippen molar-refractivity contribution in [1.29, 1.82) is 0 Å². The molecule has 1 saturated carbocycles. The highest BCUT2D eigenvalue weighted by atomic mass is 35.5. The molecule has 100 valence electrons. The van der Waals surface area contributed by atoms with Gasteiger partial charge in [0.25, 0.3) is 5.91 Å². The number of amides is 1. The summed E-state index contributed by atoms with van der Waals surface area (Å²) in [5.41, 5.74) is 0.944. The number of hydrogen-bond acceptors (Lipinski definition) is 3. The van der Waals surface area contributed by atoms with E-state index in [0.29, 0.717) is 10.6 Å². The summed E-state index contributed by atoms with van der Waals surface area (Å²) >= 11 is 5.92. The van der Waals surface area contributed by atoms with Gasteiger partial charge < -0.3 is 15.2 Å². The van der Waals surface area contributed by atoms with Crippen LogP contribution >= 0.6 is 11.6 Å². The fourth-order valence-corrected chi connectivity index (χ4v) is 2.25. The van der Waals surface area contributed by atoms with Crippen molar-refractivity contribution in [3.63, 3.8) is 0 Å². The molecule has 0 radical (unpaired) electrons. The zero-order valence-electron chi connectivity index (χ0n) is 10.3. The van der Waals surface area contributed by atoms with Gasteiger partial charge >= 0.3 is 0 Å². The fraction of sp³-hybridized carbons (Fsp3) is 0.357. The minimum atomic E-state index is -0.410. The van der Waals surface area contributed by atoms with E-state index in [9.17, 15) is 9.90 Å². The number of ether oxygens (including phenoxy) is 1. The minimum absolute atomic E-state index is 0.0186. The lowest BCUT2D eigenvalue weighted by molar-refractivity contribution is -0.119. The Kier molecular flexibility index (Phi) is 2.99. The van der Waals surface area contributed by atoms with Gasteiger partial charge in [0, 0.05) is 10.6 Å². The van der Waals surface area contributed by atoms with Crippen LogP contribution in [-0.4, -0.2) is 29.8 Å². The first-order valence-corrected chi connectivity index (χ1v) is 6.56. The van der Waals surface area contributed by atoms with E-state index >= 15 is 0 Å². The van der Waals surface area contributed by atoms with Crippen LogP contribution in [0.2, 0.25) is 5.02 Å². The average Bonchev–Trinajstić information content (AvgIpc) is 3.18. The van der Waals surface area contributed by atoms with Gasteiger partial charge in [-0.25, -0.2) is 0 Å². The first kappa shape index (κ1) is 12.5. The lowest BCUT2D eigenvalue weighted by Crippen LogP contribution is -2.41. The first-order chi connectivity index (χ1) is 9.12. The van der Waals surface area contributed by atoms with Gasteiger partial charge in [0.2, 0.25) is 0 Å². The second-order valence-electron chi connectivity index (χ2n) is 5.03. The quantitative estimate of drug-likeness (QED) is 0.886. The molecule has 1 fully saturated rings. The zero-order valence-corrected chi connectivity index (χ0v) is 11.0. The third kappa shape index (κ3) is 2.46. The molecule has 1 amide bonds. The molecule has 3 rings (SSSR count). The molecule has 0 spiro atoms. The highest BCUT2D eigenvalue weighted by molar-refractivity contribution is 6.30. The Morgan fingerprint density at radius 1 is 1.47 bits per heavy atom. The van der Waals surface area contributed by atoms with Gasteiger partial charge in [0.15, 0.2) is 0 Å². The molecule has 2 N–H and O–H groups in total.